The quantitative estimate of drug-likeness (QED) is 0.259. The number of hydrogen-bond donors (Lipinski definition) is 5. The lowest BCUT2D eigenvalue weighted by Gasteiger charge is -2.21. The van der Waals surface area contributed by atoms with Gasteiger partial charge in [-0.3, -0.25) is 15.3 Å². The van der Waals surface area contributed by atoms with Crippen molar-refractivity contribution in [3.63, 3.8) is 0 Å². The van der Waals surface area contributed by atoms with Crippen molar-refractivity contribution >= 4 is 11.9 Å². The summed E-state index contributed by atoms with van der Waals surface area (Å²) in [5.74, 6) is -1.19. The molecule has 0 spiro atoms. The van der Waals surface area contributed by atoms with Gasteiger partial charge < -0.3 is 15.3 Å². The Kier molecular flexibility index (Phi) is 2.48. The number of aliphatic hydroxyl groups is 3. The topological polar surface area (TPSA) is 130 Å². The highest BCUT2D eigenvalue weighted by molar-refractivity contribution is 5.97. The molecule has 74 valence electrons. The highest BCUT2D eigenvalue weighted by Crippen LogP contribution is 2.08. The van der Waals surface area contributed by atoms with Crippen LogP contribution in [0.4, 0.5) is 4.79 Å². The van der Waals surface area contributed by atoms with Gasteiger partial charge in [0, 0.05) is 0 Å². The van der Waals surface area contributed by atoms with Crippen LogP contribution in [0.1, 0.15) is 0 Å². The molecule has 0 aliphatic carbocycles. The summed E-state index contributed by atoms with van der Waals surface area (Å²) in [5, 5.41) is 36.9. The predicted octanol–water partition coefficient (Wildman–Crippen LogP) is -3.03. The number of hydrogen-bond acceptors (Lipinski definition) is 6. The van der Waals surface area contributed by atoms with E-state index in [-0.39, 0.29) is 5.06 Å². The highest BCUT2D eigenvalue weighted by atomic mass is 16.6. The lowest BCUT2D eigenvalue weighted by atomic mass is 10.2. The van der Waals surface area contributed by atoms with E-state index in [1.54, 1.807) is 0 Å². The van der Waals surface area contributed by atoms with Gasteiger partial charge in [0.15, 0.2) is 12.3 Å². The molecular formula is C5H8N2O6. The summed E-state index contributed by atoms with van der Waals surface area (Å²) in [6, 6.07) is -1.31. The third-order valence-electron chi connectivity index (χ3n) is 1.59. The van der Waals surface area contributed by atoms with Crippen LogP contribution in [0.5, 0.6) is 0 Å². The first-order valence-electron chi connectivity index (χ1n) is 3.32. The first-order valence-corrected chi connectivity index (χ1v) is 3.32. The molecule has 0 saturated carbocycles. The van der Waals surface area contributed by atoms with Crippen molar-refractivity contribution in [3.05, 3.63) is 0 Å². The van der Waals surface area contributed by atoms with Gasteiger partial charge in [0.1, 0.15) is 6.10 Å². The highest BCUT2D eigenvalue weighted by Gasteiger charge is 2.40. The number of aliphatic hydroxyl groups excluding tert-OH is 3. The predicted molar refractivity (Wildman–Crippen MR) is 35.2 cm³/mol. The number of carbonyl (C=O) groups is 2. The first-order chi connectivity index (χ1) is 5.95. The number of rotatable bonds is 0. The van der Waals surface area contributed by atoms with E-state index in [1.807, 2.05) is 0 Å². The second-order valence-electron chi connectivity index (χ2n) is 2.49. The largest absolute Gasteiger partial charge is 0.385 e. The van der Waals surface area contributed by atoms with Crippen LogP contribution in [0.2, 0.25) is 0 Å². The Bertz CT molecular complexity index is 219. The zero-order valence-electron chi connectivity index (χ0n) is 6.28. The molecule has 0 bridgehead atoms. The summed E-state index contributed by atoms with van der Waals surface area (Å²) in [6.07, 6.45) is -5.95. The third kappa shape index (κ3) is 1.60. The number of nitrogens with zero attached hydrogens (tertiary/aromatic N) is 1. The van der Waals surface area contributed by atoms with E-state index in [0.29, 0.717) is 0 Å². The van der Waals surface area contributed by atoms with Crippen LogP contribution in [0.15, 0.2) is 0 Å². The van der Waals surface area contributed by atoms with E-state index in [1.165, 1.54) is 5.32 Å². The van der Waals surface area contributed by atoms with Gasteiger partial charge in [-0.05, 0) is 0 Å². The molecule has 3 amide bonds. The molecule has 0 aromatic carbocycles. The monoisotopic (exact) mass is 192 g/mol. The SMILES string of the molecule is O=C1NC(=O)N(O)[C@H](O)[C@@H](O)[C@@H]1O. The number of amides is 3. The van der Waals surface area contributed by atoms with Crippen LogP contribution >= 0.6 is 0 Å². The maximum atomic E-state index is 10.7. The number of hydroxylamine groups is 2. The molecule has 0 radical (unpaired) electrons. The summed E-state index contributed by atoms with van der Waals surface area (Å²) in [7, 11) is 0. The molecule has 1 rings (SSSR count). The van der Waals surface area contributed by atoms with Crippen molar-refractivity contribution in [1.82, 2.24) is 10.4 Å². The molecule has 1 saturated heterocycles. The number of urea groups is 1. The lowest BCUT2D eigenvalue weighted by molar-refractivity contribution is -0.200. The van der Waals surface area contributed by atoms with Crippen LogP contribution in [0.25, 0.3) is 0 Å². The number of imide groups is 1. The maximum Gasteiger partial charge on any atom is 0.350 e. The van der Waals surface area contributed by atoms with E-state index >= 15 is 0 Å². The molecule has 1 aliphatic rings. The molecule has 1 fully saturated rings. The van der Waals surface area contributed by atoms with Crippen molar-refractivity contribution in [2.24, 2.45) is 0 Å². The minimum absolute atomic E-state index is 0.279. The Morgan fingerprint density at radius 2 is 1.77 bits per heavy atom. The summed E-state index contributed by atoms with van der Waals surface area (Å²) in [5.41, 5.74) is 0. The van der Waals surface area contributed by atoms with Crippen LogP contribution < -0.4 is 5.32 Å². The second kappa shape index (κ2) is 3.26. The van der Waals surface area contributed by atoms with Gasteiger partial charge in [0.25, 0.3) is 5.91 Å². The minimum atomic E-state index is -2.04. The molecule has 3 atom stereocenters. The van der Waals surface area contributed by atoms with Crippen LogP contribution in [-0.2, 0) is 4.79 Å². The number of carbonyl (C=O) groups excluding carboxylic acids is 2. The Labute approximate surface area is 72.0 Å². The Balaban J connectivity index is 2.92. The fraction of sp³-hybridized carbons (Fsp3) is 0.600. The Morgan fingerprint density at radius 1 is 1.23 bits per heavy atom. The molecule has 13 heavy (non-hydrogen) atoms. The minimum Gasteiger partial charge on any atom is -0.385 e. The standard InChI is InChI=1S/C5H8N2O6/c8-1-2(9)4(11)7(13)5(12)6-3(1)10/h1-2,4,8-9,11,13H,(H,6,10,12)/t1-,2-,4+/m0/s1. The van der Waals surface area contributed by atoms with Crippen LogP contribution in [0, 0.1) is 0 Å². The van der Waals surface area contributed by atoms with Gasteiger partial charge in [0.05, 0.1) is 0 Å². The van der Waals surface area contributed by atoms with E-state index in [9.17, 15) is 9.59 Å². The number of nitrogens with one attached hydrogen (secondary N) is 1. The van der Waals surface area contributed by atoms with Crippen molar-refractivity contribution < 1.29 is 30.1 Å². The van der Waals surface area contributed by atoms with E-state index in [0.717, 1.165) is 0 Å². The smallest absolute Gasteiger partial charge is 0.350 e. The molecule has 0 aromatic heterocycles. The average molecular weight is 192 g/mol. The first kappa shape index (κ1) is 9.86. The Hall–Kier alpha value is -1.22. The van der Waals surface area contributed by atoms with Gasteiger partial charge in [-0.1, -0.05) is 0 Å². The van der Waals surface area contributed by atoms with Crippen molar-refractivity contribution in [2.45, 2.75) is 18.4 Å². The van der Waals surface area contributed by atoms with Crippen LogP contribution in [0.3, 0.4) is 0 Å². The molecule has 8 heteroatoms. The van der Waals surface area contributed by atoms with Gasteiger partial charge in [-0.15, -0.1) is 0 Å². The fourth-order valence-corrected chi connectivity index (χ4v) is 0.820. The summed E-state index contributed by atoms with van der Waals surface area (Å²) in [4.78, 5) is 21.4. The maximum absolute atomic E-state index is 10.7. The van der Waals surface area contributed by atoms with Crippen molar-refractivity contribution in [3.8, 4) is 0 Å². The normalized spacial score (nSPS) is 35.7. The molecule has 8 nitrogen and oxygen atoms in total. The summed E-state index contributed by atoms with van der Waals surface area (Å²) in [6.45, 7) is 0. The third-order valence-corrected chi connectivity index (χ3v) is 1.59. The Morgan fingerprint density at radius 3 is 2.31 bits per heavy atom. The zero-order valence-corrected chi connectivity index (χ0v) is 6.28. The summed E-state index contributed by atoms with van der Waals surface area (Å²) >= 11 is 0. The molecule has 0 aromatic rings. The van der Waals surface area contributed by atoms with Gasteiger partial charge in [-0.25, -0.2) is 4.79 Å². The molecule has 0 unspecified atom stereocenters. The van der Waals surface area contributed by atoms with Gasteiger partial charge >= 0.3 is 6.03 Å². The second-order valence-corrected chi connectivity index (χ2v) is 2.49. The van der Waals surface area contributed by atoms with Crippen molar-refractivity contribution in [2.75, 3.05) is 0 Å². The molecule has 1 aliphatic heterocycles. The fourth-order valence-electron chi connectivity index (χ4n) is 0.820. The van der Waals surface area contributed by atoms with Crippen molar-refractivity contribution in [1.29, 1.82) is 0 Å². The van der Waals surface area contributed by atoms with E-state index in [4.69, 9.17) is 20.5 Å². The zero-order chi connectivity index (χ0) is 10.2. The average Bonchev–Trinajstić information content (AvgIpc) is 2.15. The van der Waals surface area contributed by atoms with Crippen LogP contribution in [-0.4, -0.2) is 56.0 Å². The van der Waals surface area contributed by atoms with E-state index in [2.05, 4.69) is 0 Å². The summed E-state index contributed by atoms with van der Waals surface area (Å²) < 4.78 is 0. The molecule has 1 heterocycles. The van der Waals surface area contributed by atoms with Gasteiger partial charge in [-0.2, -0.15) is 5.06 Å². The molecule has 5 N–H and O–H groups in total. The van der Waals surface area contributed by atoms with Gasteiger partial charge in [0.2, 0.25) is 0 Å². The lowest BCUT2D eigenvalue weighted by Crippen LogP contribution is -2.47. The van der Waals surface area contributed by atoms with E-state index < -0.39 is 30.4 Å². The molecular weight excluding hydrogens is 184 g/mol.